The Hall–Kier alpha value is -2.39. The van der Waals surface area contributed by atoms with E-state index in [1.807, 2.05) is 0 Å². The highest BCUT2D eigenvalue weighted by atomic mass is 79.9. The molecule has 2 aromatic rings. The van der Waals surface area contributed by atoms with Gasteiger partial charge in [-0.3, -0.25) is 0 Å². The zero-order valence-corrected chi connectivity index (χ0v) is 12.3. The van der Waals surface area contributed by atoms with Gasteiger partial charge in [0.1, 0.15) is 11.9 Å². The fourth-order valence-electron chi connectivity index (χ4n) is 1.80. The number of halogens is 2. The third-order valence-electron chi connectivity index (χ3n) is 2.85. The van der Waals surface area contributed by atoms with Crippen LogP contribution in [0.3, 0.4) is 0 Å². The molecule has 0 heterocycles. The van der Waals surface area contributed by atoms with E-state index in [1.54, 1.807) is 18.2 Å². The van der Waals surface area contributed by atoms with Crippen LogP contribution in [0.15, 0.2) is 40.9 Å². The van der Waals surface area contributed by atoms with Gasteiger partial charge < -0.3 is 10.4 Å². The second-order valence-corrected chi connectivity index (χ2v) is 5.19. The van der Waals surface area contributed by atoms with Crippen LogP contribution in [0.1, 0.15) is 21.5 Å². The molecule has 0 atom stereocenters. The maximum atomic E-state index is 13.6. The molecule has 0 aliphatic carbocycles. The summed E-state index contributed by atoms with van der Waals surface area (Å²) in [6, 6.07) is 11.2. The zero-order valence-electron chi connectivity index (χ0n) is 10.7. The Kier molecular flexibility index (Phi) is 4.55. The van der Waals surface area contributed by atoms with E-state index in [-0.39, 0.29) is 12.1 Å². The average molecular weight is 349 g/mol. The first-order valence-corrected chi connectivity index (χ1v) is 6.76. The smallest absolute Gasteiger partial charge is 0.338 e. The number of nitriles is 1. The summed E-state index contributed by atoms with van der Waals surface area (Å²) in [5.74, 6) is -2.08. The number of carbonyl (C=O) groups is 1. The molecule has 0 aromatic heterocycles. The van der Waals surface area contributed by atoms with Crippen LogP contribution in [-0.2, 0) is 6.54 Å². The first-order valence-electron chi connectivity index (χ1n) is 5.96. The molecule has 6 heteroatoms. The number of anilines is 1. The highest BCUT2D eigenvalue weighted by molar-refractivity contribution is 9.10. The summed E-state index contributed by atoms with van der Waals surface area (Å²) in [6.07, 6.45) is 0. The van der Waals surface area contributed by atoms with Crippen molar-refractivity contribution in [1.82, 2.24) is 0 Å². The molecule has 21 heavy (non-hydrogen) atoms. The molecule has 2 rings (SSSR count). The second-order valence-electron chi connectivity index (χ2n) is 4.27. The molecule has 0 saturated carbocycles. The molecule has 4 nitrogen and oxygen atoms in total. The largest absolute Gasteiger partial charge is 0.478 e. The van der Waals surface area contributed by atoms with Crippen LogP contribution in [0.5, 0.6) is 0 Å². The molecular weight excluding hydrogens is 339 g/mol. The lowest BCUT2D eigenvalue weighted by Gasteiger charge is -2.09. The summed E-state index contributed by atoms with van der Waals surface area (Å²) < 4.78 is 14.4. The molecule has 0 spiro atoms. The predicted octanol–water partition coefficient (Wildman–Crippen LogP) is 3.77. The van der Waals surface area contributed by atoms with Crippen LogP contribution in [0.4, 0.5) is 10.1 Å². The molecule has 0 aliphatic rings. The summed E-state index contributed by atoms with van der Waals surface area (Å²) >= 11 is 3.28. The molecule has 0 aliphatic heterocycles. The van der Waals surface area contributed by atoms with E-state index in [1.165, 1.54) is 18.2 Å². The van der Waals surface area contributed by atoms with Gasteiger partial charge in [-0.2, -0.15) is 5.26 Å². The van der Waals surface area contributed by atoms with Crippen molar-refractivity contribution in [2.45, 2.75) is 6.54 Å². The molecule has 2 aromatic carbocycles. The number of benzene rings is 2. The summed E-state index contributed by atoms with van der Waals surface area (Å²) in [5.41, 5.74) is 1.32. The van der Waals surface area contributed by atoms with Crippen molar-refractivity contribution in [1.29, 1.82) is 5.26 Å². The quantitative estimate of drug-likeness (QED) is 0.881. The monoisotopic (exact) mass is 348 g/mol. The van der Waals surface area contributed by atoms with Crippen molar-refractivity contribution in [3.8, 4) is 6.07 Å². The van der Waals surface area contributed by atoms with Gasteiger partial charge in [0.15, 0.2) is 0 Å². The fraction of sp³-hybridized carbons (Fsp3) is 0.0667. The summed E-state index contributed by atoms with van der Waals surface area (Å²) in [6.45, 7) is 0.285. The van der Waals surface area contributed by atoms with Gasteiger partial charge in [0.05, 0.1) is 16.8 Å². The van der Waals surface area contributed by atoms with E-state index in [0.29, 0.717) is 16.8 Å². The topological polar surface area (TPSA) is 73.1 Å². The maximum absolute atomic E-state index is 13.6. The predicted molar refractivity (Wildman–Crippen MR) is 79.5 cm³/mol. The number of carboxylic acid groups (broad SMARTS) is 1. The van der Waals surface area contributed by atoms with E-state index in [9.17, 15) is 9.18 Å². The molecule has 2 N–H and O–H groups in total. The van der Waals surface area contributed by atoms with Gasteiger partial charge in [-0.1, -0.05) is 22.0 Å². The lowest BCUT2D eigenvalue weighted by molar-refractivity contribution is 0.0692. The molecular formula is C15H10BrFN2O2. The van der Waals surface area contributed by atoms with Crippen molar-refractivity contribution in [2.75, 3.05) is 5.32 Å². The van der Waals surface area contributed by atoms with Crippen LogP contribution in [0.2, 0.25) is 0 Å². The van der Waals surface area contributed by atoms with Crippen molar-refractivity contribution < 1.29 is 14.3 Å². The highest BCUT2D eigenvalue weighted by Gasteiger charge is 2.10. The molecule has 0 amide bonds. The standard InChI is InChI=1S/C15H10BrFN2O2/c16-11-2-4-14(10(6-11)7-18)19-8-9-1-3-12(15(20)21)13(17)5-9/h1-6,19H,8H2,(H,20,21). The van der Waals surface area contributed by atoms with Crippen molar-refractivity contribution in [3.05, 3.63) is 63.4 Å². The summed E-state index contributed by atoms with van der Waals surface area (Å²) in [4.78, 5) is 10.7. The minimum atomic E-state index is -1.30. The van der Waals surface area contributed by atoms with Gasteiger partial charge in [-0.15, -0.1) is 0 Å². The third kappa shape index (κ3) is 3.58. The minimum Gasteiger partial charge on any atom is -0.478 e. The first kappa shape index (κ1) is 15.0. The van der Waals surface area contributed by atoms with E-state index in [0.717, 1.165) is 4.47 Å². The molecule has 0 radical (unpaired) electrons. The molecule has 0 unspecified atom stereocenters. The Morgan fingerprint density at radius 2 is 2.10 bits per heavy atom. The Morgan fingerprint density at radius 3 is 2.71 bits per heavy atom. The Morgan fingerprint density at radius 1 is 1.33 bits per heavy atom. The second kappa shape index (κ2) is 6.37. The normalized spacial score (nSPS) is 9.95. The summed E-state index contributed by atoms with van der Waals surface area (Å²) in [5, 5.41) is 20.8. The lowest BCUT2D eigenvalue weighted by Crippen LogP contribution is -2.05. The van der Waals surface area contributed by atoms with Gasteiger partial charge in [-0.05, 0) is 35.9 Å². The van der Waals surface area contributed by atoms with E-state index in [4.69, 9.17) is 10.4 Å². The van der Waals surface area contributed by atoms with E-state index < -0.39 is 11.8 Å². The number of hydrogen-bond acceptors (Lipinski definition) is 3. The number of nitrogens with one attached hydrogen (secondary N) is 1. The van der Waals surface area contributed by atoms with Gasteiger partial charge in [0.25, 0.3) is 0 Å². The Bertz CT molecular complexity index is 741. The zero-order chi connectivity index (χ0) is 15.4. The number of nitrogens with zero attached hydrogens (tertiary/aromatic N) is 1. The van der Waals surface area contributed by atoms with E-state index >= 15 is 0 Å². The first-order chi connectivity index (χ1) is 10.0. The van der Waals surface area contributed by atoms with Gasteiger partial charge >= 0.3 is 5.97 Å². The molecule has 0 saturated heterocycles. The third-order valence-corrected chi connectivity index (χ3v) is 3.34. The van der Waals surface area contributed by atoms with Crippen LogP contribution in [-0.4, -0.2) is 11.1 Å². The maximum Gasteiger partial charge on any atom is 0.338 e. The number of aromatic carboxylic acids is 1. The van der Waals surface area contributed by atoms with Crippen LogP contribution in [0.25, 0.3) is 0 Å². The van der Waals surface area contributed by atoms with Crippen LogP contribution < -0.4 is 5.32 Å². The number of carboxylic acids is 1. The van der Waals surface area contributed by atoms with E-state index in [2.05, 4.69) is 27.3 Å². The van der Waals surface area contributed by atoms with Crippen molar-refractivity contribution >= 4 is 27.6 Å². The summed E-state index contributed by atoms with van der Waals surface area (Å²) in [7, 11) is 0. The minimum absolute atomic E-state index is 0.285. The van der Waals surface area contributed by atoms with Crippen LogP contribution >= 0.6 is 15.9 Å². The Balaban J connectivity index is 2.16. The Labute approximate surface area is 129 Å². The van der Waals surface area contributed by atoms with Gasteiger partial charge in [0.2, 0.25) is 0 Å². The lowest BCUT2D eigenvalue weighted by atomic mass is 10.1. The van der Waals surface area contributed by atoms with Crippen molar-refractivity contribution in [2.24, 2.45) is 0 Å². The molecule has 0 fully saturated rings. The van der Waals surface area contributed by atoms with Gasteiger partial charge in [-0.25, -0.2) is 9.18 Å². The number of hydrogen-bond donors (Lipinski definition) is 2. The SMILES string of the molecule is N#Cc1cc(Br)ccc1NCc1ccc(C(=O)O)c(F)c1. The molecule has 106 valence electrons. The fourth-order valence-corrected chi connectivity index (χ4v) is 2.16. The molecule has 0 bridgehead atoms. The average Bonchev–Trinajstić information content (AvgIpc) is 2.45. The van der Waals surface area contributed by atoms with Crippen LogP contribution in [0, 0.1) is 17.1 Å². The van der Waals surface area contributed by atoms with Crippen molar-refractivity contribution in [3.63, 3.8) is 0 Å². The number of rotatable bonds is 4. The van der Waals surface area contributed by atoms with Gasteiger partial charge in [0, 0.05) is 11.0 Å². The highest BCUT2D eigenvalue weighted by Crippen LogP contribution is 2.21.